The molecular formula is C54H100O6. The van der Waals surface area contributed by atoms with Crippen molar-refractivity contribution in [1.82, 2.24) is 0 Å². The van der Waals surface area contributed by atoms with Gasteiger partial charge in [-0.1, -0.05) is 225 Å². The number of carbonyl (C=O) groups is 3. The van der Waals surface area contributed by atoms with Crippen molar-refractivity contribution in [2.75, 3.05) is 13.2 Å². The zero-order valence-electron chi connectivity index (χ0n) is 40.2. The first kappa shape index (κ1) is 57.9. The van der Waals surface area contributed by atoms with E-state index in [1.165, 1.54) is 173 Å². The number of rotatable bonds is 48. The van der Waals surface area contributed by atoms with Crippen LogP contribution in [0, 0.1) is 0 Å². The summed E-state index contributed by atoms with van der Waals surface area (Å²) in [6.07, 6.45) is 55.9. The summed E-state index contributed by atoms with van der Waals surface area (Å²) in [5.41, 5.74) is 0. The predicted octanol–water partition coefficient (Wildman–Crippen LogP) is 17.2. The first-order valence-electron chi connectivity index (χ1n) is 26.3. The minimum atomic E-state index is -0.770. The number of unbranched alkanes of at least 4 members (excludes halogenated alkanes) is 33. The van der Waals surface area contributed by atoms with Gasteiger partial charge in [-0.25, -0.2) is 0 Å². The summed E-state index contributed by atoms with van der Waals surface area (Å²) in [5.74, 6) is -0.874. The van der Waals surface area contributed by atoms with Crippen molar-refractivity contribution in [3.63, 3.8) is 0 Å². The number of esters is 3. The molecule has 0 radical (unpaired) electrons. The third kappa shape index (κ3) is 46.9. The van der Waals surface area contributed by atoms with Crippen molar-refractivity contribution in [1.29, 1.82) is 0 Å². The quantitative estimate of drug-likeness (QED) is 0.0263. The maximum absolute atomic E-state index is 12.8. The zero-order valence-corrected chi connectivity index (χ0v) is 40.2. The molecule has 352 valence electrons. The van der Waals surface area contributed by atoms with Crippen LogP contribution in [0.25, 0.3) is 0 Å². The summed E-state index contributed by atoms with van der Waals surface area (Å²) in [5, 5.41) is 0. The van der Waals surface area contributed by atoms with E-state index in [1.54, 1.807) is 0 Å². The monoisotopic (exact) mass is 845 g/mol. The molecule has 1 unspecified atom stereocenters. The molecule has 0 rings (SSSR count). The van der Waals surface area contributed by atoms with Gasteiger partial charge in [-0.15, -0.1) is 0 Å². The fraction of sp³-hybridized carbons (Fsp3) is 0.870. The third-order valence-corrected chi connectivity index (χ3v) is 11.7. The Labute approximate surface area is 373 Å². The predicted molar refractivity (Wildman–Crippen MR) is 256 cm³/mol. The normalized spacial score (nSPS) is 12.1. The van der Waals surface area contributed by atoms with Crippen LogP contribution in [0.4, 0.5) is 0 Å². The van der Waals surface area contributed by atoms with Gasteiger partial charge in [-0.2, -0.15) is 0 Å². The summed E-state index contributed by atoms with van der Waals surface area (Å²) < 4.78 is 16.8. The lowest BCUT2D eigenvalue weighted by Crippen LogP contribution is -2.30. The van der Waals surface area contributed by atoms with Gasteiger partial charge in [-0.05, 0) is 64.2 Å². The first-order valence-corrected chi connectivity index (χ1v) is 26.3. The van der Waals surface area contributed by atoms with Crippen LogP contribution in [0.15, 0.2) is 24.3 Å². The molecule has 0 aliphatic rings. The Kier molecular flexibility index (Phi) is 47.8. The molecule has 0 aliphatic heterocycles. The Balaban J connectivity index is 4.30. The summed E-state index contributed by atoms with van der Waals surface area (Å²) >= 11 is 0. The smallest absolute Gasteiger partial charge is 0.306 e. The van der Waals surface area contributed by atoms with Gasteiger partial charge in [-0.3, -0.25) is 14.4 Å². The highest BCUT2D eigenvalue weighted by molar-refractivity contribution is 5.71. The lowest BCUT2D eigenvalue weighted by Gasteiger charge is -2.18. The highest BCUT2D eigenvalue weighted by Gasteiger charge is 2.19. The average molecular weight is 845 g/mol. The van der Waals surface area contributed by atoms with Crippen LogP contribution in [0.3, 0.4) is 0 Å². The van der Waals surface area contributed by atoms with Crippen LogP contribution >= 0.6 is 0 Å². The Morgan fingerprint density at radius 1 is 0.317 bits per heavy atom. The van der Waals surface area contributed by atoms with E-state index >= 15 is 0 Å². The second-order valence-electron chi connectivity index (χ2n) is 17.8. The first-order chi connectivity index (χ1) is 29.5. The maximum Gasteiger partial charge on any atom is 0.306 e. The number of ether oxygens (including phenoxy) is 3. The minimum Gasteiger partial charge on any atom is -0.462 e. The molecule has 60 heavy (non-hydrogen) atoms. The van der Waals surface area contributed by atoms with Gasteiger partial charge < -0.3 is 14.2 Å². The average Bonchev–Trinajstić information content (AvgIpc) is 3.24. The third-order valence-electron chi connectivity index (χ3n) is 11.7. The van der Waals surface area contributed by atoms with E-state index in [4.69, 9.17) is 14.2 Å². The van der Waals surface area contributed by atoms with Crippen LogP contribution in [0.5, 0.6) is 0 Å². The molecule has 0 spiro atoms. The molecule has 0 fully saturated rings. The van der Waals surface area contributed by atoms with Crippen molar-refractivity contribution in [2.24, 2.45) is 0 Å². The van der Waals surface area contributed by atoms with Crippen molar-refractivity contribution in [3.8, 4) is 0 Å². The largest absolute Gasteiger partial charge is 0.462 e. The molecule has 0 bridgehead atoms. The zero-order chi connectivity index (χ0) is 43.7. The number of carbonyl (C=O) groups excluding carboxylic acids is 3. The minimum absolute atomic E-state index is 0.0726. The standard InChI is InChI=1S/C54H100O6/c1-4-7-10-13-16-19-22-24-26-27-29-30-32-35-38-41-44-47-53(56)59-50-51(49-58-52(55)46-43-40-37-34-21-18-15-12-9-6-3)60-54(57)48-45-42-39-36-33-31-28-25-23-20-17-14-11-8-5-2/h12,15,24,26,51H,4-11,13-14,16-23,25,27-50H2,1-3H3/b15-12-,26-24-. The van der Waals surface area contributed by atoms with Gasteiger partial charge in [0.15, 0.2) is 6.10 Å². The van der Waals surface area contributed by atoms with Gasteiger partial charge >= 0.3 is 17.9 Å². The Bertz CT molecular complexity index is 973. The van der Waals surface area contributed by atoms with E-state index in [-0.39, 0.29) is 31.1 Å². The second-order valence-corrected chi connectivity index (χ2v) is 17.8. The molecule has 6 nitrogen and oxygen atoms in total. The van der Waals surface area contributed by atoms with Crippen LogP contribution in [-0.4, -0.2) is 37.2 Å². The van der Waals surface area contributed by atoms with E-state index < -0.39 is 6.10 Å². The van der Waals surface area contributed by atoms with Gasteiger partial charge in [0, 0.05) is 19.3 Å². The van der Waals surface area contributed by atoms with Gasteiger partial charge in [0.2, 0.25) is 0 Å². The maximum atomic E-state index is 12.8. The molecule has 1 atom stereocenters. The Morgan fingerprint density at radius 3 is 0.900 bits per heavy atom. The van der Waals surface area contributed by atoms with E-state index in [1.807, 2.05) is 0 Å². The molecule has 0 aliphatic carbocycles. The summed E-state index contributed by atoms with van der Waals surface area (Å²) in [6.45, 7) is 6.59. The van der Waals surface area contributed by atoms with Crippen LogP contribution in [0.1, 0.15) is 284 Å². The fourth-order valence-corrected chi connectivity index (χ4v) is 7.68. The van der Waals surface area contributed by atoms with Crippen LogP contribution < -0.4 is 0 Å². The fourth-order valence-electron chi connectivity index (χ4n) is 7.68. The van der Waals surface area contributed by atoms with E-state index in [0.717, 1.165) is 70.6 Å². The molecule has 0 aromatic heterocycles. The molecule has 0 amide bonds. The molecular weight excluding hydrogens is 745 g/mol. The number of allylic oxidation sites excluding steroid dienone is 4. The SMILES string of the molecule is CCC/C=C\CCCCCCCC(=O)OCC(COC(=O)CCCCCCCCC/C=C\CCCCCCCC)OC(=O)CCCCCCCCCCCCCCCCC. The lowest BCUT2D eigenvalue weighted by molar-refractivity contribution is -0.167. The lowest BCUT2D eigenvalue weighted by atomic mass is 10.0. The van der Waals surface area contributed by atoms with Gasteiger partial charge in [0.1, 0.15) is 13.2 Å². The van der Waals surface area contributed by atoms with Crippen molar-refractivity contribution in [2.45, 2.75) is 290 Å². The molecule has 0 saturated heterocycles. The molecule has 0 heterocycles. The van der Waals surface area contributed by atoms with E-state index in [2.05, 4.69) is 45.1 Å². The Hall–Kier alpha value is -2.11. The highest BCUT2D eigenvalue weighted by Crippen LogP contribution is 2.16. The van der Waals surface area contributed by atoms with Gasteiger partial charge in [0.25, 0.3) is 0 Å². The highest BCUT2D eigenvalue weighted by atomic mass is 16.6. The molecule has 0 N–H and O–H groups in total. The molecule has 6 heteroatoms. The molecule has 0 aromatic carbocycles. The van der Waals surface area contributed by atoms with Crippen molar-refractivity contribution < 1.29 is 28.6 Å². The van der Waals surface area contributed by atoms with E-state index in [9.17, 15) is 14.4 Å². The summed E-state index contributed by atoms with van der Waals surface area (Å²) in [6, 6.07) is 0. The second kappa shape index (κ2) is 49.5. The Morgan fingerprint density at radius 2 is 0.583 bits per heavy atom. The molecule has 0 aromatic rings. The topological polar surface area (TPSA) is 78.9 Å². The number of hydrogen-bond acceptors (Lipinski definition) is 6. The van der Waals surface area contributed by atoms with E-state index in [0.29, 0.717) is 19.3 Å². The summed E-state index contributed by atoms with van der Waals surface area (Å²) in [7, 11) is 0. The summed E-state index contributed by atoms with van der Waals surface area (Å²) in [4.78, 5) is 37.9. The van der Waals surface area contributed by atoms with Crippen molar-refractivity contribution in [3.05, 3.63) is 24.3 Å². The van der Waals surface area contributed by atoms with Crippen LogP contribution in [-0.2, 0) is 28.6 Å². The van der Waals surface area contributed by atoms with Crippen LogP contribution in [0.2, 0.25) is 0 Å². The number of hydrogen-bond donors (Lipinski definition) is 0. The van der Waals surface area contributed by atoms with Crippen molar-refractivity contribution >= 4 is 17.9 Å². The molecule has 0 saturated carbocycles. The van der Waals surface area contributed by atoms with Gasteiger partial charge in [0.05, 0.1) is 0 Å².